The zero-order valence-electron chi connectivity index (χ0n) is 8.76. The van der Waals surface area contributed by atoms with Crippen LogP contribution in [0.1, 0.15) is 13.8 Å². The molecular formula is C6H16O6P2. The van der Waals surface area contributed by atoms with Crippen molar-refractivity contribution in [3.8, 4) is 0 Å². The van der Waals surface area contributed by atoms with E-state index < -0.39 is 15.4 Å². The number of phosphoric acid groups is 1. The van der Waals surface area contributed by atoms with Gasteiger partial charge in [-0.1, -0.05) is 0 Å². The molecule has 0 aliphatic heterocycles. The summed E-state index contributed by atoms with van der Waals surface area (Å²) in [6, 6.07) is 0. The van der Waals surface area contributed by atoms with Gasteiger partial charge >= 0.3 is 15.4 Å². The van der Waals surface area contributed by atoms with Crippen molar-refractivity contribution in [2.45, 2.75) is 13.8 Å². The average molecular weight is 246 g/mol. The van der Waals surface area contributed by atoms with Crippen LogP contribution in [0.3, 0.4) is 0 Å². The van der Waals surface area contributed by atoms with E-state index in [0.29, 0.717) is 0 Å². The minimum atomic E-state index is -3.75. The van der Waals surface area contributed by atoms with Gasteiger partial charge in [0.2, 0.25) is 0 Å². The molecule has 0 fully saturated rings. The van der Waals surface area contributed by atoms with Gasteiger partial charge in [-0.25, -0.2) is 8.88 Å². The Labute approximate surface area is 84.0 Å². The van der Waals surface area contributed by atoms with Crippen LogP contribution in [0.25, 0.3) is 0 Å². The van der Waals surface area contributed by atoms with Crippen LogP contribution in [0.2, 0.25) is 0 Å². The lowest BCUT2D eigenvalue weighted by atomic mass is 10.9. The molecule has 0 rings (SSSR count). The van der Waals surface area contributed by atoms with E-state index in [9.17, 15) is 9.13 Å². The lowest BCUT2D eigenvalue weighted by molar-refractivity contribution is 0.159. The fraction of sp³-hybridized carbons (Fsp3) is 1.00. The maximum absolute atomic E-state index is 11.7. The molecule has 8 heteroatoms. The molecule has 0 N–H and O–H groups in total. The highest BCUT2D eigenvalue weighted by Gasteiger charge is 2.34. The molecule has 0 saturated carbocycles. The first-order chi connectivity index (χ1) is 6.39. The lowest BCUT2D eigenvalue weighted by Crippen LogP contribution is -1.99. The van der Waals surface area contributed by atoms with Crippen LogP contribution in [0.5, 0.6) is 0 Å². The monoisotopic (exact) mass is 246 g/mol. The predicted octanol–water partition coefficient (Wildman–Crippen LogP) is 2.65. The first-order valence-electron chi connectivity index (χ1n) is 4.13. The summed E-state index contributed by atoms with van der Waals surface area (Å²) in [5.74, 6) is 0. The van der Waals surface area contributed by atoms with E-state index in [0.717, 1.165) is 0 Å². The molecule has 0 aliphatic rings. The van der Waals surface area contributed by atoms with E-state index in [2.05, 4.69) is 4.52 Å². The van der Waals surface area contributed by atoms with Crippen LogP contribution >= 0.6 is 15.4 Å². The molecule has 0 aromatic carbocycles. The zero-order valence-corrected chi connectivity index (χ0v) is 10.5. The molecule has 0 aliphatic carbocycles. The minimum absolute atomic E-state index is 0.140. The molecule has 0 aromatic heterocycles. The van der Waals surface area contributed by atoms with E-state index in [1.54, 1.807) is 13.8 Å². The van der Waals surface area contributed by atoms with Gasteiger partial charge in [-0.05, 0) is 13.8 Å². The smallest absolute Gasteiger partial charge is 0.312 e. The Morgan fingerprint density at radius 1 is 1.07 bits per heavy atom. The molecule has 0 radical (unpaired) electrons. The summed E-state index contributed by atoms with van der Waals surface area (Å²) in [4.78, 5) is 0. The SMILES string of the molecule is CCOP(=O)(OCC)OP(C)(=O)OC. The summed E-state index contributed by atoms with van der Waals surface area (Å²) in [7, 11) is -5.92. The summed E-state index contributed by atoms with van der Waals surface area (Å²) in [5, 5.41) is 0. The van der Waals surface area contributed by atoms with Gasteiger partial charge in [0.15, 0.2) is 0 Å². The van der Waals surface area contributed by atoms with Gasteiger partial charge in [0.1, 0.15) is 0 Å². The Morgan fingerprint density at radius 3 is 1.79 bits per heavy atom. The van der Waals surface area contributed by atoms with Gasteiger partial charge < -0.3 is 4.52 Å². The van der Waals surface area contributed by atoms with Crippen molar-refractivity contribution < 1.29 is 27.0 Å². The van der Waals surface area contributed by atoms with Crippen LogP contribution < -0.4 is 0 Å². The number of phosphoric ester groups is 1. The van der Waals surface area contributed by atoms with Gasteiger partial charge in [-0.2, -0.15) is 0 Å². The number of rotatable bonds is 7. The van der Waals surface area contributed by atoms with Gasteiger partial charge in [0.25, 0.3) is 0 Å². The molecule has 1 atom stereocenters. The molecule has 0 amide bonds. The van der Waals surface area contributed by atoms with Crippen LogP contribution in [0.4, 0.5) is 0 Å². The highest BCUT2D eigenvalue weighted by atomic mass is 31.3. The van der Waals surface area contributed by atoms with Crippen molar-refractivity contribution in [1.29, 1.82) is 0 Å². The molecule has 6 nitrogen and oxygen atoms in total. The molecule has 1 unspecified atom stereocenters. The van der Waals surface area contributed by atoms with Gasteiger partial charge in [-0.15, -0.1) is 0 Å². The summed E-state index contributed by atoms with van der Waals surface area (Å²) in [6.07, 6.45) is 0. The Balaban J connectivity index is 4.52. The van der Waals surface area contributed by atoms with E-state index >= 15 is 0 Å². The van der Waals surface area contributed by atoms with Crippen LogP contribution in [-0.4, -0.2) is 27.0 Å². The quantitative estimate of drug-likeness (QED) is 0.643. The Hall–Kier alpha value is 0.300. The van der Waals surface area contributed by atoms with Crippen LogP contribution in [0, 0.1) is 0 Å². The van der Waals surface area contributed by atoms with E-state index in [1.165, 1.54) is 13.8 Å². The van der Waals surface area contributed by atoms with E-state index in [4.69, 9.17) is 13.4 Å². The topological polar surface area (TPSA) is 71.1 Å². The molecule has 0 heterocycles. The van der Waals surface area contributed by atoms with Crippen molar-refractivity contribution in [2.24, 2.45) is 0 Å². The highest BCUT2D eigenvalue weighted by molar-refractivity contribution is 7.64. The zero-order chi connectivity index (χ0) is 11.2. The third-order valence-electron chi connectivity index (χ3n) is 1.15. The standard InChI is InChI=1S/C6H16O6P2/c1-5-10-14(8,11-6-2)12-13(4,7)9-3/h5-6H2,1-4H3. The molecule has 0 saturated heterocycles. The first kappa shape index (κ1) is 14.3. The molecule has 0 spiro atoms. The normalized spacial score (nSPS) is 16.6. The molecule has 14 heavy (non-hydrogen) atoms. The Bertz CT molecular complexity index is 243. The molecular weight excluding hydrogens is 230 g/mol. The second-order valence-electron chi connectivity index (χ2n) is 2.32. The summed E-state index contributed by atoms with van der Waals surface area (Å²) >= 11 is 0. The van der Waals surface area contributed by atoms with Gasteiger partial charge in [-0.3, -0.25) is 13.6 Å². The Morgan fingerprint density at radius 2 is 1.50 bits per heavy atom. The average Bonchev–Trinajstić information content (AvgIpc) is 2.03. The third kappa shape index (κ3) is 5.25. The van der Waals surface area contributed by atoms with Crippen molar-refractivity contribution in [2.75, 3.05) is 27.0 Å². The third-order valence-corrected chi connectivity index (χ3v) is 4.95. The maximum atomic E-state index is 11.7. The molecule has 0 aromatic rings. The van der Waals surface area contributed by atoms with Crippen LogP contribution in [0.15, 0.2) is 0 Å². The summed E-state index contributed by atoms with van der Waals surface area (Å²) < 4.78 is 41.8. The fourth-order valence-corrected chi connectivity index (χ4v) is 3.42. The van der Waals surface area contributed by atoms with Gasteiger partial charge in [0.05, 0.1) is 13.2 Å². The lowest BCUT2D eigenvalue weighted by Gasteiger charge is -2.19. The second-order valence-corrected chi connectivity index (χ2v) is 6.29. The summed E-state index contributed by atoms with van der Waals surface area (Å²) in [6.45, 7) is 4.73. The van der Waals surface area contributed by atoms with Crippen molar-refractivity contribution in [1.82, 2.24) is 0 Å². The van der Waals surface area contributed by atoms with E-state index in [-0.39, 0.29) is 13.2 Å². The minimum Gasteiger partial charge on any atom is -0.312 e. The van der Waals surface area contributed by atoms with E-state index in [1.807, 2.05) is 0 Å². The number of hydrogen-bond acceptors (Lipinski definition) is 6. The fourth-order valence-electron chi connectivity index (χ4n) is 0.616. The van der Waals surface area contributed by atoms with Crippen molar-refractivity contribution in [3.05, 3.63) is 0 Å². The number of hydrogen-bond donors (Lipinski definition) is 0. The predicted molar refractivity (Wildman–Crippen MR) is 52.5 cm³/mol. The maximum Gasteiger partial charge on any atom is 0.482 e. The van der Waals surface area contributed by atoms with Gasteiger partial charge in [0, 0.05) is 13.8 Å². The summed E-state index contributed by atoms with van der Waals surface area (Å²) in [5.41, 5.74) is 0. The second kappa shape index (κ2) is 6.01. The largest absolute Gasteiger partial charge is 0.482 e. The van der Waals surface area contributed by atoms with Crippen LogP contribution in [-0.2, 0) is 27.0 Å². The molecule has 86 valence electrons. The highest BCUT2D eigenvalue weighted by Crippen LogP contribution is 2.63. The first-order valence-corrected chi connectivity index (χ1v) is 7.58. The van der Waals surface area contributed by atoms with Crippen molar-refractivity contribution in [3.63, 3.8) is 0 Å². The van der Waals surface area contributed by atoms with Crippen molar-refractivity contribution >= 4 is 15.4 Å². The molecule has 0 bridgehead atoms. The Kier molecular flexibility index (Phi) is 6.14.